The number of allylic oxidation sites excluding steroid dienone is 4. The summed E-state index contributed by atoms with van der Waals surface area (Å²) in [6.45, 7) is 6.81. The van der Waals surface area contributed by atoms with Crippen LogP contribution in [0, 0.1) is 35.5 Å². The smallest absolute Gasteiger partial charge is 0.306 e. The molecule has 4 unspecified atom stereocenters. The van der Waals surface area contributed by atoms with Gasteiger partial charge in [-0.1, -0.05) is 31.1 Å². The fourth-order valence-corrected chi connectivity index (χ4v) is 8.03. The van der Waals surface area contributed by atoms with E-state index in [2.05, 4.69) is 32.1 Å². The largest absolute Gasteiger partial charge is 0.466 e. The van der Waals surface area contributed by atoms with Crippen LogP contribution in [0.1, 0.15) is 76.2 Å². The van der Waals surface area contributed by atoms with Gasteiger partial charge in [0.15, 0.2) is 5.78 Å². The molecule has 4 heteroatoms. The quantitative estimate of drug-likeness (QED) is 0.434. The summed E-state index contributed by atoms with van der Waals surface area (Å²) in [5, 5.41) is 0. The van der Waals surface area contributed by atoms with Gasteiger partial charge in [0.25, 0.3) is 0 Å². The van der Waals surface area contributed by atoms with Crippen LogP contribution in [-0.4, -0.2) is 17.9 Å². The number of fused-ring (bicyclic) bond motifs is 7. The molecule has 6 rings (SSSR count). The van der Waals surface area contributed by atoms with Crippen LogP contribution < -0.4 is 0 Å². The lowest BCUT2D eigenvalue weighted by Gasteiger charge is -2.55. The van der Waals surface area contributed by atoms with E-state index in [1.165, 1.54) is 11.1 Å². The van der Waals surface area contributed by atoms with Crippen molar-refractivity contribution in [2.75, 3.05) is 0 Å². The normalized spacial score (nSPS) is 43.8. The third kappa shape index (κ3) is 2.66. The van der Waals surface area contributed by atoms with Gasteiger partial charge >= 0.3 is 5.97 Å². The average Bonchev–Trinajstić information content (AvgIpc) is 3.28. The first-order valence-corrected chi connectivity index (χ1v) is 12.0. The molecule has 2 heterocycles. The van der Waals surface area contributed by atoms with E-state index in [4.69, 9.17) is 9.15 Å². The number of esters is 1. The molecule has 0 spiro atoms. The van der Waals surface area contributed by atoms with E-state index in [1.807, 2.05) is 13.0 Å². The third-order valence-corrected chi connectivity index (χ3v) is 9.68. The molecule has 1 aliphatic heterocycles. The maximum atomic E-state index is 12.3. The lowest BCUT2D eigenvalue weighted by molar-refractivity contribution is -0.158. The average molecular weight is 421 g/mol. The molecule has 0 N–H and O–H groups in total. The van der Waals surface area contributed by atoms with Crippen molar-refractivity contribution >= 4 is 11.8 Å². The minimum Gasteiger partial charge on any atom is -0.466 e. The zero-order valence-electron chi connectivity index (χ0n) is 18.8. The zero-order chi connectivity index (χ0) is 21.5. The highest BCUT2D eigenvalue weighted by Crippen LogP contribution is 2.68. The van der Waals surface area contributed by atoms with Crippen LogP contribution in [-0.2, 0) is 14.3 Å². The predicted octanol–water partition coefficient (Wildman–Crippen LogP) is 5.67. The van der Waals surface area contributed by atoms with E-state index >= 15 is 0 Å². The third-order valence-electron chi connectivity index (χ3n) is 9.68. The SMILES string of the molecule is Cc1ccc([C@@H]2CC3=CC(=O)CCC3(C)C3=CCC4(C)C(CC5OC(=O)CC[C@H]54)[C@@H]32)o1. The van der Waals surface area contributed by atoms with Gasteiger partial charge in [0.2, 0.25) is 0 Å². The topological polar surface area (TPSA) is 56.5 Å². The van der Waals surface area contributed by atoms with Gasteiger partial charge < -0.3 is 9.15 Å². The van der Waals surface area contributed by atoms with Crippen molar-refractivity contribution in [1.82, 2.24) is 0 Å². The van der Waals surface area contributed by atoms with Crippen LogP contribution in [0.3, 0.4) is 0 Å². The number of carbonyl (C=O) groups excluding carboxylic acids is 2. The molecule has 0 aromatic carbocycles. The minimum absolute atomic E-state index is 0.0253. The highest BCUT2D eigenvalue weighted by molar-refractivity contribution is 5.92. The van der Waals surface area contributed by atoms with Gasteiger partial charge in [-0.25, -0.2) is 0 Å². The van der Waals surface area contributed by atoms with Gasteiger partial charge in [0.1, 0.15) is 17.6 Å². The molecule has 4 aliphatic carbocycles. The molecular formula is C27H32O4. The van der Waals surface area contributed by atoms with Crippen molar-refractivity contribution in [3.8, 4) is 0 Å². The molecule has 1 aromatic rings. The molecule has 5 aliphatic rings. The van der Waals surface area contributed by atoms with E-state index in [9.17, 15) is 9.59 Å². The number of ether oxygens (including phenoxy) is 1. The standard InChI is InChI=1S/C27H32O4/c1-15-4-6-22(30-15)18-13-16-12-17(28)8-10-26(16,2)20-9-11-27(3)19-5-7-24(29)31-23(19)14-21(27)25(18)20/h4,6,9,12,18-19,21,23,25H,5,7-8,10-11,13-14H2,1-3H3/t18-,19+,21?,23?,25+,26?,27?/m0/s1. The van der Waals surface area contributed by atoms with Crippen molar-refractivity contribution in [3.63, 3.8) is 0 Å². The van der Waals surface area contributed by atoms with Gasteiger partial charge in [-0.2, -0.15) is 0 Å². The molecule has 3 fully saturated rings. The maximum Gasteiger partial charge on any atom is 0.306 e. The second-order valence-electron chi connectivity index (χ2n) is 11.1. The molecule has 7 atom stereocenters. The van der Waals surface area contributed by atoms with Crippen LogP contribution in [0.15, 0.2) is 39.8 Å². The Morgan fingerprint density at radius 3 is 2.71 bits per heavy atom. The van der Waals surface area contributed by atoms with Gasteiger partial charge in [-0.05, 0) is 74.5 Å². The number of ketones is 1. The molecule has 2 saturated carbocycles. The Morgan fingerprint density at radius 2 is 1.94 bits per heavy atom. The second-order valence-corrected chi connectivity index (χ2v) is 11.1. The summed E-state index contributed by atoms with van der Waals surface area (Å²) in [6, 6.07) is 4.20. The fourth-order valence-electron chi connectivity index (χ4n) is 8.03. The summed E-state index contributed by atoms with van der Waals surface area (Å²) >= 11 is 0. The first-order valence-electron chi connectivity index (χ1n) is 12.0. The van der Waals surface area contributed by atoms with E-state index in [0.29, 0.717) is 30.6 Å². The van der Waals surface area contributed by atoms with Crippen LogP contribution >= 0.6 is 0 Å². The van der Waals surface area contributed by atoms with Gasteiger partial charge in [-0.3, -0.25) is 9.59 Å². The minimum atomic E-state index is -0.0264. The Kier molecular flexibility index (Phi) is 4.08. The van der Waals surface area contributed by atoms with E-state index in [-0.39, 0.29) is 34.6 Å². The van der Waals surface area contributed by atoms with Crippen molar-refractivity contribution in [1.29, 1.82) is 0 Å². The number of rotatable bonds is 1. The summed E-state index contributed by atoms with van der Waals surface area (Å²) in [7, 11) is 0. The summed E-state index contributed by atoms with van der Waals surface area (Å²) in [4.78, 5) is 24.4. The predicted molar refractivity (Wildman–Crippen MR) is 116 cm³/mol. The first-order chi connectivity index (χ1) is 14.8. The highest BCUT2D eigenvalue weighted by atomic mass is 16.5. The summed E-state index contributed by atoms with van der Waals surface area (Å²) in [5.74, 6) is 3.77. The monoisotopic (exact) mass is 420 g/mol. The molecule has 0 bridgehead atoms. The van der Waals surface area contributed by atoms with Gasteiger partial charge in [0, 0.05) is 30.1 Å². The number of furan rings is 1. The van der Waals surface area contributed by atoms with Crippen molar-refractivity contribution in [2.24, 2.45) is 28.6 Å². The number of hydrogen-bond acceptors (Lipinski definition) is 4. The molecular weight excluding hydrogens is 388 g/mol. The Balaban J connectivity index is 1.49. The van der Waals surface area contributed by atoms with Crippen LogP contribution in [0.25, 0.3) is 0 Å². The number of carbonyl (C=O) groups is 2. The Morgan fingerprint density at radius 1 is 1.10 bits per heavy atom. The Labute approximate surface area is 184 Å². The maximum absolute atomic E-state index is 12.3. The van der Waals surface area contributed by atoms with Gasteiger partial charge in [-0.15, -0.1) is 0 Å². The molecule has 31 heavy (non-hydrogen) atoms. The van der Waals surface area contributed by atoms with E-state index in [1.54, 1.807) is 0 Å². The molecule has 1 saturated heterocycles. The molecule has 0 radical (unpaired) electrons. The zero-order valence-corrected chi connectivity index (χ0v) is 18.8. The van der Waals surface area contributed by atoms with Crippen LogP contribution in [0.2, 0.25) is 0 Å². The molecule has 164 valence electrons. The lowest BCUT2D eigenvalue weighted by atomic mass is 9.48. The summed E-state index contributed by atoms with van der Waals surface area (Å²) < 4.78 is 12.1. The van der Waals surface area contributed by atoms with Crippen molar-refractivity contribution < 1.29 is 18.7 Å². The molecule has 1 aromatic heterocycles. The Hall–Kier alpha value is -2.10. The van der Waals surface area contributed by atoms with Crippen LogP contribution in [0.4, 0.5) is 0 Å². The van der Waals surface area contributed by atoms with Crippen LogP contribution in [0.5, 0.6) is 0 Å². The molecule has 0 amide bonds. The second kappa shape index (κ2) is 6.46. The van der Waals surface area contributed by atoms with E-state index < -0.39 is 0 Å². The number of aryl methyl sites for hydroxylation is 1. The molecule has 4 nitrogen and oxygen atoms in total. The fraction of sp³-hybridized carbons (Fsp3) is 0.630. The first kappa shape index (κ1) is 19.6. The Bertz CT molecular complexity index is 1030. The van der Waals surface area contributed by atoms with E-state index in [0.717, 1.165) is 43.6 Å². The number of hydrogen-bond donors (Lipinski definition) is 0. The summed E-state index contributed by atoms with van der Waals surface area (Å²) in [5.41, 5.74) is 2.93. The summed E-state index contributed by atoms with van der Waals surface area (Å²) in [6.07, 6.45) is 10.5. The van der Waals surface area contributed by atoms with Crippen molar-refractivity contribution in [2.45, 2.75) is 77.7 Å². The highest BCUT2D eigenvalue weighted by Gasteiger charge is 2.62. The van der Waals surface area contributed by atoms with Gasteiger partial charge in [0.05, 0.1) is 0 Å². The van der Waals surface area contributed by atoms with Crippen molar-refractivity contribution in [3.05, 3.63) is 47.0 Å². The lowest BCUT2D eigenvalue weighted by Crippen LogP contribution is -2.47.